The van der Waals surface area contributed by atoms with E-state index in [4.69, 9.17) is 16.2 Å². The number of hydrogen-bond acceptors (Lipinski definition) is 2. The number of methoxy groups -OCH3 is 1. The number of nitrogens with zero attached hydrogens (tertiary/aromatic N) is 1. The van der Waals surface area contributed by atoms with Gasteiger partial charge in [-0.3, -0.25) is 0 Å². The molecule has 5 heteroatoms. The summed E-state index contributed by atoms with van der Waals surface area (Å²) >= 11 is 0. The topological polar surface area (TPSA) is 87.6 Å². The first-order valence-electron chi connectivity index (χ1n) is 4.04. The van der Waals surface area contributed by atoms with Crippen molar-refractivity contribution in [2.45, 2.75) is 0 Å². The van der Waals surface area contributed by atoms with Crippen LogP contribution in [0.4, 0.5) is 0 Å². The van der Waals surface area contributed by atoms with E-state index in [9.17, 15) is 0 Å². The lowest BCUT2D eigenvalue weighted by Crippen LogP contribution is -2.63. The molecule has 0 fully saturated rings. The Morgan fingerprint density at radius 3 is 2.79 bits per heavy atom. The Morgan fingerprint density at radius 1 is 1.43 bits per heavy atom. The number of nitrogens with one attached hydrogen (secondary N) is 1. The molecule has 1 rings (SSSR count). The molecule has 0 aromatic heterocycles. The van der Waals surface area contributed by atoms with E-state index in [1.807, 2.05) is 24.3 Å². The highest BCUT2D eigenvalue weighted by atomic mass is 16.5. The lowest BCUT2D eigenvalue weighted by atomic mass is 10.2. The van der Waals surface area contributed by atoms with Crippen LogP contribution in [-0.2, 0) is 0 Å². The van der Waals surface area contributed by atoms with Crippen molar-refractivity contribution in [3.05, 3.63) is 29.8 Å². The molecule has 14 heavy (non-hydrogen) atoms. The van der Waals surface area contributed by atoms with Crippen LogP contribution in [0.15, 0.2) is 29.4 Å². The summed E-state index contributed by atoms with van der Waals surface area (Å²) in [5.74, 6) is 0.738. The Balaban J connectivity index is 2.85. The van der Waals surface area contributed by atoms with Gasteiger partial charge >= 0.3 is 0 Å². The molecule has 0 amide bonds. The van der Waals surface area contributed by atoms with Gasteiger partial charge in [-0.25, -0.2) is 0 Å². The van der Waals surface area contributed by atoms with Crippen molar-refractivity contribution >= 4 is 12.2 Å². The second kappa shape index (κ2) is 4.86. The first-order valence-corrected chi connectivity index (χ1v) is 4.04. The molecule has 0 atom stereocenters. The number of ether oxygens (including phenoxy) is 1. The Kier molecular flexibility index (Phi) is 3.49. The summed E-state index contributed by atoms with van der Waals surface area (Å²) in [7, 11) is 1.60. The molecule has 0 radical (unpaired) electrons. The monoisotopic (exact) mass is 193 g/mol. The summed E-state index contributed by atoms with van der Waals surface area (Å²) in [6.45, 7) is 0. The summed E-state index contributed by atoms with van der Waals surface area (Å²) in [5.41, 5.74) is 11.2. The average molecular weight is 193 g/mol. The largest absolute Gasteiger partial charge is 0.496 e. The van der Waals surface area contributed by atoms with Gasteiger partial charge in [0.25, 0.3) is 5.96 Å². The SMILES string of the molecule is COc1ccccc1/C=[NH+]\N=C(N)N. The van der Waals surface area contributed by atoms with Crippen LogP contribution in [0.25, 0.3) is 0 Å². The van der Waals surface area contributed by atoms with Crippen LogP contribution in [0.5, 0.6) is 5.75 Å². The highest BCUT2D eigenvalue weighted by Crippen LogP contribution is 2.13. The quantitative estimate of drug-likeness (QED) is 0.306. The van der Waals surface area contributed by atoms with Crippen LogP contribution in [-0.4, -0.2) is 19.3 Å². The molecule has 0 aliphatic carbocycles. The predicted molar refractivity (Wildman–Crippen MR) is 54.9 cm³/mol. The van der Waals surface area contributed by atoms with E-state index < -0.39 is 0 Å². The van der Waals surface area contributed by atoms with Gasteiger partial charge in [0.1, 0.15) is 5.75 Å². The van der Waals surface area contributed by atoms with Crippen molar-refractivity contribution < 1.29 is 9.84 Å². The van der Waals surface area contributed by atoms with E-state index in [-0.39, 0.29) is 5.96 Å². The van der Waals surface area contributed by atoms with Crippen LogP contribution >= 0.6 is 0 Å². The van der Waals surface area contributed by atoms with Gasteiger partial charge in [0.05, 0.1) is 12.7 Å². The van der Waals surface area contributed by atoms with Gasteiger partial charge in [0, 0.05) is 5.10 Å². The lowest BCUT2D eigenvalue weighted by molar-refractivity contribution is -0.456. The first kappa shape index (κ1) is 10.0. The first-order chi connectivity index (χ1) is 6.74. The molecular formula is C9H13N4O+. The van der Waals surface area contributed by atoms with Crippen molar-refractivity contribution in [2.24, 2.45) is 16.6 Å². The minimum atomic E-state index is -0.0175. The van der Waals surface area contributed by atoms with E-state index in [1.165, 1.54) is 0 Å². The Hall–Kier alpha value is -2.04. The van der Waals surface area contributed by atoms with E-state index in [0.29, 0.717) is 0 Å². The maximum absolute atomic E-state index is 5.14. The van der Waals surface area contributed by atoms with Crippen LogP contribution in [0, 0.1) is 0 Å². The maximum Gasteiger partial charge on any atom is 0.256 e. The summed E-state index contributed by atoms with van der Waals surface area (Å²) in [6, 6.07) is 7.51. The third-order valence-corrected chi connectivity index (χ3v) is 1.55. The Bertz CT molecular complexity index is 356. The zero-order valence-corrected chi connectivity index (χ0v) is 7.90. The number of rotatable bonds is 3. The van der Waals surface area contributed by atoms with Crippen molar-refractivity contribution in [1.29, 1.82) is 0 Å². The number of guanidine groups is 1. The number of hydrazone groups is 1. The number of nitrogens with two attached hydrogens (primary N) is 2. The van der Waals surface area contributed by atoms with Gasteiger partial charge in [-0.2, -0.15) is 0 Å². The van der Waals surface area contributed by atoms with Gasteiger partial charge in [0.15, 0.2) is 0 Å². The average Bonchev–Trinajstić information content (AvgIpc) is 2.18. The van der Waals surface area contributed by atoms with Crippen LogP contribution in [0.3, 0.4) is 0 Å². The van der Waals surface area contributed by atoms with E-state index >= 15 is 0 Å². The number of benzene rings is 1. The third kappa shape index (κ3) is 2.78. The van der Waals surface area contributed by atoms with Gasteiger partial charge in [0.2, 0.25) is 6.21 Å². The summed E-state index contributed by atoms with van der Waals surface area (Å²) in [5, 5.41) is 6.22. The molecule has 1 aromatic rings. The van der Waals surface area contributed by atoms with Crippen molar-refractivity contribution in [2.75, 3.05) is 7.11 Å². The Labute approximate surface area is 82.1 Å². The number of para-hydroxylation sites is 1. The molecule has 0 aliphatic heterocycles. The molecule has 0 aliphatic rings. The molecule has 0 heterocycles. The fourth-order valence-electron chi connectivity index (χ4n) is 0.962. The van der Waals surface area contributed by atoms with E-state index in [2.05, 4.69) is 10.2 Å². The molecule has 5 N–H and O–H groups in total. The second-order valence-electron chi connectivity index (χ2n) is 2.55. The minimum absolute atomic E-state index is 0.0175. The molecular weight excluding hydrogens is 180 g/mol. The number of hydrogen-bond donors (Lipinski definition) is 3. The smallest absolute Gasteiger partial charge is 0.256 e. The molecule has 0 saturated heterocycles. The normalized spacial score (nSPS) is 10.1. The van der Waals surface area contributed by atoms with Crippen molar-refractivity contribution in [3.8, 4) is 5.75 Å². The minimum Gasteiger partial charge on any atom is -0.496 e. The van der Waals surface area contributed by atoms with Gasteiger partial charge in [-0.1, -0.05) is 12.1 Å². The van der Waals surface area contributed by atoms with Crippen LogP contribution < -0.4 is 21.3 Å². The molecule has 0 bridgehead atoms. The fraction of sp³-hybridized carbons (Fsp3) is 0.111. The highest BCUT2D eigenvalue weighted by Gasteiger charge is 1.99. The predicted octanol–water partition coefficient (Wildman–Crippen LogP) is -1.62. The molecule has 5 nitrogen and oxygen atoms in total. The van der Waals surface area contributed by atoms with Gasteiger partial charge in [-0.05, 0) is 12.1 Å². The van der Waals surface area contributed by atoms with Crippen molar-refractivity contribution in [1.82, 2.24) is 0 Å². The summed E-state index contributed by atoms with van der Waals surface area (Å²) in [6.07, 6.45) is 1.65. The molecule has 0 spiro atoms. The molecule has 74 valence electrons. The molecule has 0 unspecified atom stereocenters. The van der Waals surface area contributed by atoms with E-state index in [1.54, 1.807) is 13.3 Å². The second-order valence-corrected chi connectivity index (χ2v) is 2.55. The van der Waals surface area contributed by atoms with Gasteiger partial charge in [-0.15, -0.1) is 5.10 Å². The lowest BCUT2D eigenvalue weighted by Gasteiger charge is -1.99. The molecule has 1 aromatic carbocycles. The fourth-order valence-corrected chi connectivity index (χ4v) is 0.962. The summed E-state index contributed by atoms with van der Waals surface area (Å²) < 4.78 is 5.12. The highest BCUT2D eigenvalue weighted by molar-refractivity contribution is 5.80. The van der Waals surface area contributed by atoms with E-state index in [0.717, 1.165) is 11.3 Å². The third-order valence-electron chi connectivity index (χ3n) is 1.55. The maximum atomic E-state index is 5.14. The standard InChI is InChI=1S/C9H12N4O/c1-14-8-5-3-2-4-7(8)6-12-13-9(10)11/h2-6H,1H3,(H4,10,11,13)/p+1/b12-6-. The molecule has 0 saturated carbocycles. The van der Waals surface area contributed by atoms with Crippen LogP contribution in [0.1, 0.15) is 5.56 Å². The zero-order valence-electron chi connectivity index (χ0n) is 7.90. The van der Waals surface area contributed by atoms with Crippen molar-refractivity contribution in [3.63, 3.8) is 0 Å². The zero-order chi connectivity index (χ0) is 10.4. The Morgan fingerprint density at radius 2 is 2.14 bits per heavy atom. The summed E-state index contributed by atoms with van der Waals surface area (Å²) in [4.78, 5) is 0. The van der Waals surface area contributed by atoms with Crippen LogP contribution in [0.2, 0.25) is 0 Å². The van der Waals surface area contributed by atoms with Gasteiger partial charge < -0.3 is 16.2 Å².